The van der Waals surface area contributed by atoms with Gasteiger partial charge in [-0.25, -0.2) is 14.8 Å². The minimum atomic E-state index is -0.468. The maximum Gasteiger partial charge on any atom is 0.339 e. The van der Waals surface area contributed by atoms with E-state index in [0.29, 0.717) is 35.1 Å². The number of aromatic nitrogens is 2. The monoisotopic (exact) mass is 392 g/mol. The van der Waals surface area contributed by atoms with Crippen molar-refractivity contribution in [1.82, 2.24) is 9.97 Å². The Labute approximate surface area is 167 Å². The summed E-state index contributed by atoms with van der Waals surface area (Å²) in [6, 6.07) is 14.0. The lowest BCUT2D eigenvalue weighted by atomic mass is 10.2. The van der Waals surface area contributed by atoms with E-state index in [1.807, 2.05) is 13.0 Å². The average Bonchev–Trinajstić information content (AvgIpc) is 2.75. The van der Waals surface area contributed by atoms with Crippen LogP contribution in [-0.4, -0.2) is 35.6 Å². The molecule has 2 aromatic carbocycles. The van der Waals surface area contributed by atoms with Crippen LogP contribution in [0.25, 0.3) is 0 Å². The van der Waals surface area contributed by atoms with Crippen molar-refractivity contribution in [3.05, 3.63) is 72.2 Å². The van der Waals surface area contributed by atoms with Gasteiger partial charge >= 0.3 is 5.97 Å². The number of esters is 1. The SMILES string of the molecule is CCOc1ccccc1NC(=O)c1cnc(Nc2ccccc2C(=O)OC)cn1. The Morgan fingerprint density at radius 2 is 1.69 bits per heavy atom. The van der Waals surface area contributed by atoms with Gasteiger partial charge < -0.3 is 20.1 Å². The Balaban J connectivity index is 1.73. The van der Waals surface area contributed by atoms with Crippen LogP contribution in [0.5, 0.6) is 5.75 Å². The molecule has 0 unspecified atom stereocenters. The highest BCUT2D eigenvalue weighted by Crippen LogP contribution is 2.24. The van der Waals surface area contributed by atoms with Crippen LogP contribution in [0.2, 0.25) is 0 Å². The zero-order valence-corrected chi connectivity index (χ0v) is 16.0. The molecule has 0 bridgehead atoms. The molecule has 0 saturated carbocycles. The van der Waals surface area contributed by atoms with Crippen LogP contribution in [0.3, 0.4) is 0 Å². The average molecular weight is 392 g/mol. The molecule has 8 nitrogen and oxygen atoms in total. The summed E-state index contributed by atoms with van der Waals surface area (Å²) in [6.45, 7) is 2.36. The first-order valence-electron chi connectivity index (χ1n) is 8.92. The second-order valence-corrected chi connectivity index (χ2v) is 5.83. The van der Waals surface area contributed by atoms with Gasteiger partial charge in [0.1, 0.15) is 17.3 Å². The van der Waals surface area contributed by atoms with Crippen LogP contribution in [0, 0.1) is 0 Å². The molecular weight excluding hydrogens is 372 g/mol. The number of hydrogen-bond donors (Lipinski definition) is 2. The maximum absolute atomic E-state index is 12.5. The van der Waals surface area contributed by atoms with Gasteiger partial charge in [0.2, 0.25) is 0 Å². The number of nitrogens with zero attached hydrogens (tertiary/aromatic N) is 2. The van der Waals surface area contributed by atoms with E-state index in [9.17, 15) is 9.59 Å². The molecule has 148 valence electrons. The molecule has 3 aromatic rings. The Hall–Kier alpha value is -3.94. The van der Waals surface area contributed by atoms with E-state index in [-0.39, 0.29) is 5.69 Å². The third-order valence-electron chi connectivity index (χ3n) is 3.91. The van der Waals surface area contributed by atoms with Crippen molar-refractivity contribution in [2.45, 2.75) is 6.92 Å². The first-order valence-corrected chi connectivity index (χ1v) is 8.92. The van der Waals surface area contributed by atoms with E-state index in [0.717, 1.165) is 0 Å². The molecule has 0 radical (unpaired) electrons. The highest BCUT2D eigenvalue weighted by atomic mass is 16.5. The molecule has 1 amide bonds. The van der Waals surface area contributed by atoms with Gasteiger partial charge in [-0.2, -0.15) is 0 Å². The number of carbonyl (C=O) groups is 2. The van der Waals surface area contributed by atoms with E-state index < -0.39 is 11.9 Å². The summed E-state index contributed by atoms with van der Waals surface area (Å²) in [4.78, 5) is 32.7. The van der Waals surface area contributed by atoms with Gasteiger partial charge in [0.05, 0.1) is 43.0 Å². The summed E-state index contributed by atoms with van der Waals surface area (Å²) in [5, 5.41) is 5.77. The van der Waals surface area contributed by atoms with Crippen molar-refractivity contribution in [2.75, 3.05) is 24.4 Å². The lowest BCUT2D eigenvalue weighted by Crippen LogP contribution is -2.15. The normalized spacial score (nSPS) is 10.1. The Bertz CT molecular complexity index is 1010. The third-order valence-corrected chi connectivity index (χ3v) is 3.91. The lowest BCUT2D eigenvalue weighted by Gasteiger charge is -2.11. The molecule has 0 atom stereocenters. The summed E-state index contributed by atoms with van der Waals surface area (Å²) in [5.41, 5.74) is 1.58. The minimum Gasteiger partial charge on any atom is -0.492 e. The van der Waals surface area contributed by atoms with Crippen molar-refractivity contribution >= 4 is 29.1 Å². The molecule has 1 heterocycles. The molecule has 29 heavy (non-hydrogen) atoms. The first-order chi connectivity index (χ1) is 14.1. The molecule has 0 aliphatic heterocycles. The van der Waals surface area contributed by atoms with Crippen LogP contribution in [0.1, 0.15) is 27.8 Å². The Kier molecular flexibility index (Phi) is 6.36. The van der Waals surface area contributed by atoms with Crippen molar-refractivity contribution in [3.8, 4) is 5.75 Å². The topological polar surface area (TPSA) is 102 Å². The summed E-state index contributed by atoms with van der Waals surface area (Å²) >= 11 is 0. The van der Waals surface area contributed by atoms with E-state index in [1.165, 1.54) is 19.5 Å². The number of nitrogens with one attached hydrogen (secondary N) is 2. The number of methoxy groups -OCH3 is 1. The standard InChI is InChI=1S/C21H20N4O4/c1-3-29-18-11-7-6-10-16(18)25-20(26)17-12-23-19(13-22-17)24-15-9-5-4-8-14(15)21(27)28-2/h4-13H,3H2,1-2H3,(H,23,24)(H,25,26). The minimum absolute atomic E-state index is 0.142. The highest BCUT2D eigenvalue weighted by molar-refractivity contribution is 6.03. The molecule has 0 aliphatic rings. The molecule has 8 heteroatoms. The zero-order valence-electron chi connectivity index (χ0n) is 16.0. The highest BCUT2D eigenvalue weighted by Gasteiger charge is 2.14. The molecular formula is C21H20N4O4. The fourth-order valence-corrected chi connectivity index (χ4v) is 2.57. The molecule has 0 spiro atoms. The van der Waals surface area contributed by atoms with E-state index in [2.05, 4.69) is 20.6 Å². The van der Waals surface area contributed by atoms with Gasteiger partial charge in [0.15, 0.2) is 0 Å². The number of para-hydroxylation sites is 3. The predicted molar refractivity (Wildman–Crippen MR) is 109 cm³/mol. The van der Waals surface area contributed by atoms with Crippen LogP contribution in [0.15, 0.2) is 60.9 Å². The number of anilines is 3. The number of hydrogen-bond acceptors (Lipinski definition) is 7. The van der Waals surface area contributed by atoms with Gasteiger partial charge in [-0.15, -0.1) is 0 Å². The fraction of sp³-hybridized carbons (Fsp3) is 0.143. The number of rotatable bonds is 7. The van der Waals surface area contributed by atoms with E-state index >= 15 is 0 Å². The predicted octanol–water partition coefficient (Wildman–Crippen LogP) is 3.66. The second-order valence-electron chi connectivity index (χ2n) is 5.83. The molecule has 0 fully saturated rings. The van der Waals surface area contributed by atoms with E-state index in [1.54, 1.807) is 42.5 Å². The zero-order chi connectivity index (χ0) is 20.6. The summed E-state index contributed by atoms with van der Waals surface area (Å²) in [5.74, 6) is 0.0813. The second kappa shape index (κ2) is 9.32. The summed E-state index contributed by atoms with van der Waals surface area (Å²) in [7, 11) is 1.32. The van der Waals surface area contributed by atoms with Gasteiger partial charge in [-0.05, 0) is 31.2 Å². The van der Waals surface area contributed by atoms with Crippen LogP contribution in [-0.2, 0) is 4.74 Å². The maximum atomic E-state index is 12.5. The van der Waals surface area contributed by atoms with Crippen molar-refractivity contribution in [2.24, 2.45) is 0 Å². The quantitative estimate of drug-likeness (QED) is 0.592. The van der Waals surface area contributed by atoms with Crippen molar-refractivity contribution in [3.63, 3.8) is 0 Å². The van der Waals surface area contributed by atoms with E-state index in [4.69, 9.17) is 9.47 Å². The van der Waals surface area contributed by atoms with Gasteiger partial charge in [0.25, 0.3) is 5.91 Å². The Morgan fingerprint density at radius 1 is 0.966 bits per heavy atom. The third kappa shape index (κ3) is 4.86. The number of benzene rings is 2. The largest absolute Gasteiger partial charge is 0.492 e. The molecule has 1 aromatic heterocycles. The fourth-order valence-electron chi connectivity index (χ4n) is 2.57. The van der Waals surface area contributed by atoms with Crippen LogP contribution < -0.4 is 15.4 Å². The number of ether oxygens (including phenoxy) is 2. The first kappa shape index (κ1) is 19.8. The van der Waals surface area contributed by atoms with Gasteiger partial charge in [-0.3, -0.25) is 4.79 Å². The van der Waals surface area contributed by atoms with Crippen LogP contribution in [0.4, 0.5) is 17.2 Å². The van der Waals surface area contributed by atoms with Gasteiger partial charge in [-0.1, -0.05) is 24.3 Å². The summed E-state index contributed by atoms with van der Waals surface area (Å²) in [6.07, 6.45) is 2.76. The molecule has 3 rings (SSSR count). The smallest absolute Gasteiger partial charge is 0.339 e. The molecule has 2 N–H and O–H groups in total. The number of amides is 1. The summed E-state index contributed by atoms with van der Waals surface area (Å²) < 4.78 is 10.3. The Morgan fingerprint density at radius 3 is 2.38 bits per heavy atom. The number of carbonyl (C=O) groups excluding carboxylic acids is 2. The van der Waals surface area contributed by atoms with Crippen molar-refractivity contribution < 1.29 is 19.1 Å². The lowest BCUT2D eigenvalue weighted by molar-refractivity contribution is 0.0601. The molecule has 0 aliphatic carbocycles. The van der Waals surface area contributed by atoms with Crippen molar-refractivity contribution in [1.29, 1.82) is 0 Å². The van der Waals surface area contributed by atoms with Crippen LogP contribution >= 0.6 is 0 Å². The van der Waals surface area contributed by atoms with Gasteiger partial charge in [0, 0.05) is 0 Å². The molecule has 0 saturated heterocycles.